The molecule has 3 nitrogen and oxygen atoms in total. The molecular weight excluding hydrogens is 195 g/mol. The summed E-state index contributed by atoms with van der Waals surface area (Å²) in [5.74, 6) is 0.0273. The molecule has 1 heterocycles. The van der Waals surface area contributed by atoms with Crippen LogP contribution in [0.1, 0.15) is 5.89 Å². The van der Waals surface area contributed by atoms with Crippen LogP contribution >= 0.6 is 11.6 Å². The van der Waals surface area contributed by atoms with Crippen molar-refractivity contribution in [2.45, 2.75) is 5.88 Å². The van der Waals surface area contributed by atoms with Crippen LogP contribution in [0.2, 0.25) is 0 Å². The second kappa shape index (κ2) is 2.88. The Balaban J connectivity index is 2.70. The van der Waals surface area contributed by atoms with Crippen molar-refractivity contribution >= 4 is 28.4 Å². The van der Waals surface area contributed by atoms with Crippen molar-refractivity contribution in [2.75, 3.05) is 5.73 Å². The van der Waals surface area contributed by atoms with Crippen molar-refractivity contribution in [1.82, 2.24) is 4.98 Å². The number of benzene rings is 1. The second-order valence-corrected chi connectivity index (χ2v) is 2.85. The predicted molar refractivity (Wildman–Crippen MR) is 47.9 cm³/mol. The number of aromatic nitrogens is 1. The molecule has 0 saturated carbocycles. The number of oxazole rings is 1. The average molecular weight is 201 g/mol. The second-order valence-electron chi connectivity index (χ2n) is 2.58. The van der Waals surface area contributed by atoms with Gasteiger partial charge in [0.15, 0.2) is 5.58 Å². The average Bonchev–Trinajstić information content (AvgIpc) is 2.48. The number of alkyl halides is 1. The van der Waals surface area contributed by atoms with Crippen molar-refractivity contribution in [3.63, 3.8) is 0 Å². The zero-order valence-corrected chi connectivity index (χ0v) is 7.31. The molecule has 0 unspecified atom stereocenters. The summed E-state index contributed by atoms with van der Waals surface area (Å²) in [4.78, 5) is 3.94. The summed E-state index contributed by atoms with van der Waals surface area (Å²) in [5.41, 5.74) is 6.27. The zero-order valence-electron chi connectivity index (χ0n) is 6.55. The number of nitrogens with zero attached hydrogens (tertiary/aromatic N) is 1. The third-order valence-corrected chi connectivity index (χ3v) is 1.89. The van der Waals surface area contributed by atoms with Gasteiger partial charge >= 0.3 is 0 Å². The number of fused-ring (bicyclic) bond motifs is 1. The van der Waals surface area contributed by atoms with Crippen molar-refractivity contribution in [1.29, 1.82) is 0 Å². The van der Waals surface area contributed by atoms with Crippen LogP contribution in [0, 0.1) is 5.82 Å². The Morgan fingerprint density at radius 2 is 2.31 bits per heavy atom. The summed E-state index contributed by atoms with van der Waals surface area (Å²) in [7, 11) is 0. The smallest absolute Gasteiger partial charge is 0.210 e. The number of hydrogen-bond donors (Lipinski definition) is 1. The van der Waals surface area contributed by atoms with Gasteiger partial charge in [-0.25, -0.2) is 9.37 Å². The first-order valence-electron chi connectivity index (χ1n) is 3.61. The fourth-order valence-electron chi connectivity index (χ4n) is 1.07. The maximum absolute atomic E-state index is 12.9. The minimum absolute atomic E-state index is 0.0461. The molecule has 2 N–H and O–H groups in total. The summed E-state index contributed by atoms with van der Waals surface area (Å²) >= 11 is 5.50. The molecule has 0 fully saturated rings. The number of rotatable bonds is 1. The van der Waals surface area contributed by atoms with Gasteiger partial charge in [-0.3, -0.25) is 0 Å². The quantitative estimate of drug-likeness (QED) is 0.568. The third-order valence-electron chi connectivity index (χ3n) is 1.67. The summed E-state index contributed by atoms with van der Waals surface area (Å²) < 4.78 is 18.1. The summed E-state index contributed by atoms with van der Waals surface area (Å²) in [5, 5.41) is 0. The van der Waals surface area contributed by atoms with Crippen LogP contribution in [-0.4, -0.2) is 4.98 Å². The van der Waals surface area contributed by atoms with Gasteiger partial charge in [0, 0.05) is 12.1 Å². The Labute approximate surface area is 78.3 Å². The molecule has 1 aromatic heterocycles. The summed E-state index contributed by atoms with van der Waals surface area (Å²) in [6, 6.07) is 2.62. The normalized spacial score (nSPS) is 10.9. The SMILES string of the molecule is Nc1cc2oc(CCl)nc2cc1F. The molecule has 13 heavy (non-hydrogen) atoms. The summed E-state index contributed by atoms with van der Waals surface area (Å²) in [6.45, 7) is 0. The topological polar surface area (TPSA) is 52.0 Å². The van der Waals surface area contributed by atoms with Crippen LogP contribution < -0.4 is 5.73 Å². The van der Waals surface area contributed by atoms with Crippen LogP contribution in [0.3, 0.4) is 0 Å². The zero-order chi connectivity index (χ0) is 9.42. The van der Waals surface area contributed by atoms with Crippen molar-refractivity contribution in [3.05, 3.63) is 23.8 Å². The first kappa shape index (κ1) is 8.31. The van der Waals surface area contributed by atoms with E-state index in [1.165, 1.54) is 12.1 Å². The lowest BCUT2D eigenvalue weighted by atomic mass is 10.3. The molecule has 68 valence electrons. The molecule has 0 atom stereocenters. The highest BCUT2D eigenvalue weighted by molar-refractivity contribution is 6.16. The molecule has 2 aromatic rings. The van der Waals surface area contributed by atoms with E-state index in [4.69, 9.17) is 21.8 Å². The van der Waals surface area contributed by atoms with E-state index in [9.17, 15) is 4.39 Å². The number of nitrogens with two attached hydrogens (primary N) is 1. The number of anilines is 1. The van der Waals surface area contributed by atoms with E-state index in [0.717, 1.165) is 0 Å². The number of hydrogen-bond acceptors (Lipinski definition) is 3. The molecule has 5 heteroatoms. The van der Waals surface area contributed by atoms with E-state index in [1.807, 2.05) is 0 Å². The predicted octanol–water partition coefficient (Wildman–Crippen LogP) is 2.29. The van der Waals surface area contributed by atoms with Gasteiger partial charge in [-0.1, -0.05) is 0 Å². The highest BCUT2D eigenvalue weighted by Crippen LogP contribution is 2.21. The Hall–Kier alpha value is -1.29. The fraction of sp³-hybridized carbons (Fsp3) is 0.125. The van der Waals surface area contributed by atoms with Crippen LogP contribution in [-0.2, 0) is 5.88 Å². The first-order valence-corrected chi connectivity index (χ1v) is 4.14. The molecule has 0 aliphatic rings. The van der Waals surface area contributed by atoms with Crippen LogP contribution in [0.5, 0.6) is 0 Å². The van der Waals surface area contributed by atoms with Gasteiger partial charge in [0.25, 0.3) is 0 Å². The summed E-state index contributed by atoms with van der Waals surface area (Å²) in [6.07, 6.45) is 0. The lowest BCUT2D eigenvalue weighted by Crippen LogP contribution is -1.88. The van der Waals surface area contributed by atoms with E-state index in [0.29, 0.717) is 17.0 Å². The van der Waals surface area contributed by atoms with Crippen LogP contribution in [0.15, 0.2) is 16.5 Å². The van der Waals surface area contributed by atoms with Crippen LogP contribution in [0.4, 0.5) is 10.1 Å². The van der Waals surface area contributed by atoms with E-state index >= 15 is 0 Å². The molecule has 0 radical (unpaired) electrons. The molecule has 0 saturated heterocycles. The highest BCUT2D eigenvalue weighted by Gasteiger charge is 2.07. The van der Waals surface area contributed by atoms with E-state index in [-0.39, 0.29) is 11.6 Å². The van der Waals surface area contributed by atoms with E-state index in [2.05, 4.69) is 4.98 Å². The molecule has 0 aliphatic carbocycles. The van der Waals surface area contributed by atoms with Crippen molar-refractivity contribution in [2.24, 2.45) is 0 Å². The van der Waals surface area contributed by atoms with Gasteiger partial charge < -0.3 is 10.2 Å². The lowest BCUT2D eigenvalue weighted by Gasteiger charge is -1.92. The number of halogens is 2. The Morgan fingerprint density at radius 1 is 1.54 bits per heavy atom. The van der Waals surface area contributed by atoms with Gasteiger partial charge in [-0.15, -0.1) is 11.6 Å². The fourth-order valence-corrected chi connectivity index (χ4v) is 1.18. The Bertz CT molecular complexity index is 416. The molecule has 0 bridgehead atoms. The van der Waals surface area contributed by atoms with Gasteiger partial charge in [0.1, 0.15) is 11.3 Å². The molecular formula is C8H6ClFN2O. The van der Waals surface area contributed by atoms with Gasteiger partial charge in [0.05, 0.1) is 11.6 Å². The van der Waals surface area contributed by atoms with Crippen LogP contribution in [0.25, 0.3) is 11.1 Å². The molecule has 2 rings (SSSR count). The van der Waals surface area contributed by atoms with E-state index < -0.39 is 5.82 Å². The lowest BCUT2D eigenvalue weighted by molar-refractivity contribution is 0.554. The first-order chi connectivity index (χ1) is 6.20. The van der Waals surface area contributed by atoms with E-state index in [1.54, 1.807) is 0 Å². The van der Waals surface area contributed by atoms with Crippen molar-refractivity contribution in [3.8, 4) is 0 Å². The molecule has 0 amide bonds. The minimum Gasteiger partial charge on any atom is -0.439 e. The standard InChI is InChI=1S/C8H6ClFN2O/c9-3-8-12-6-1-4(10)5(11)2-7(6)13-8/h1-2H,3,11H2. The maximum Gasteiger partial charge on any atom is 0.210 e. The van der Waals surface area contributed by atoms with Crippen molar-refractivity contribution < 1.29 is 8.81 Å². The van der Waals surface area contributed by atoms with Gasteiger partial charge in [-0.05, 0) is 0 Å². The third kappa shape index (κ3) is 1.33. The highest BCUT2D eigenvalue weighted by atomic mass is 35.5. The van der Waals surface area contributed by atoms with Gasteiger partial charge in [-0.2, -0.15) is 0 Å². The Kier molecular flexibility index (Phi) is 1.84. The molecule has 1 aromatic carbocycles. The maximum atomic E-state index is 12.9. The minimum atomic E-state index is -0.498. The molecule has 0 spiro atoms. The largest absolute Gasteiger partial charge is 0.439 e. The monoisotopic (exact) mass is 200 g/mol. The molecule has 0 aliphatic heterocycles. The number of nitrogen functional groups attached to an aromatic ring is 1. The Morgan fingerprint density at radius 3 is 3.00 bits per heavy atom. The van der Waals surface area contributed by atoms with Gasteiger partial charge in [0.2, 0.25) is 5.89 Å².